The molecule has 0 aliphatic carbocycles. The van der Waals surface area contributed by atoms with E-state index >= 15 is 0 Å². The SMILES string of the molecule is Cc1cc(NCc2cnnn2C)c([N+](=O)[O-])cc1C. The Bertz CT molecular complexity index is 621. The third-order valence-corrected chi connectivity index (χ3v) is 3.08. The van der Waals surface area contributed by atoms with Crippen LogP contribution in [0.1, 0.15) is 16.8 Å². The van der Waals surface area contributed by atoms with Crippen LogP contribution in [0.4, 0.5) is 11.4 Å². The Labute approximate surface area is 110 Å². The van der Waals surface area contributed by atoms with Gasteiger partial charge in [0.2, 0.25) is 0 Å². The molecule has 2 rings (SSSR count). The summed E-state index contributed by atoms with van der Waals surface area (Å²) in [5.41, 5.74) is 3.36. The minimum atomic E-state index is -0.379. The number of hydrogen-bond acceptors (Lipinski definition) is 5. The fourth-order valence-electron chi connectivity index (χ4n) is 1.75. The van der Waals surface area contributed by atoms with Crippen molar-refractivity contribution in [3.8, 4) is 0 Å². The van der Waals surface area contributed by atoms with Gasteiger partial charge in [-0.3, -0.25) is 14.8 Å². The first-order valence-electron chi connectivity index (χ1n) is 5.82. The molecule has 0 saturated carbocycles. The third kappa shape index (κ3) is 2.70. The average molecular weight is 261 g/mol. The zero-order valence-corrected chi connectivity index (χ0v) is 11.0. The van der Waals surface area contributed by atoms with Gasteiger partial charge < -0.3 is 5.32 Å². The average Bonchev–Trinajstić information content (AvgIpc) is 2.75. The minimum absolute atomic E-state index is 0.0817. The van der Waals surface area contributed by atoms with E-state index in [0.717, 1.165) is 16.8 Å². The number of hydrogen-bond donors (Lipinski definition) is 1. The number of benzene rings is 1. The molecular weight excluding hydrogens is 246 g/mol. The van der Waals surface area contributed by atoms with Crippen LogP contribution in [0.15, 0.2) is 18.3 Å². The van der Waals surface area contributed by atoms with Crippen molar-refractivity contribution in [3.05, 3.63) is 45.3 Å². The molecule has 19 heavy (non-hydrogen) atoms. The molecule has 0 saturated heterocycles. The van der Waals surface area contributed by atoms with Crippen LogP contribution in [0.25, 0.3) is 0 Å². The maximum Gasteiger partial charge on any atom is 0.292 e. The Morgan fingerprint density at radius 2 is 2.05 bits per heavy atom. The molecule has 1 heterocycles. The number of nitro groups is 1. The number of anilines is 1. The lowest BCUT2D eigenvalue weighted by Crippen LogP contribution is -2.07. The van der Waals surface area contributed by atoms with Crippen molar-refractivity contribution in [1.29, 1.82) is 0 Å². The predicted molar refractivity (Wildman–Crippen MR) is 70.9 cm³/mol. The van der Waals surface area contributed by atoms with Crippen LogP contribution in [0.5, 0.6) is 0 Å². The summed E-state index contributed by atoms with van der Waals surface area (Å²) in [5.74, 6) is 0. The fourth-order valence-corrected chi connectivity index (χ4v) is 1.75. The van der Waals surface area contributed by atoms with Gasteiger partial charge in [-0.25, -0.2) is 0 Å². The molecule has 0 amide bonds. The van der Waals surface area contributed by atoms with Crippen LogP contribution in [0.2, 0.25) is 0 Å². The van der Waals surface area contributed by atoms with Gasteiger partial charge in [-0.1, -0.05) is 5.21 Å². The quantitative estimate of drug-likeness (QED) is 0.671. The van der Waals surface area contributed by atoms with E-state index in [1.54, 1.807) is 30.1 Å². The van der Waals surface area contributed by atoms with Crippen molar-refractivity contribution in [2.75, 3.05) is 5.32 Å². The molecule has 1 aromatic heterocycles. The molecule has 0 unspecified atom stereocenters. The predicted octanol–water partition coefficient (Wildman–Crippen LogP) is 1.95. The van der Waals surface area contributed by atoms with Crippen molar-refractivity contribution in [3.63, 3.8) is 0 Å². The summed E-state index contributed by atoms with van der Waals surface area (Å²) in [7, 11) is 1.78. The van der Waals surface area contributed by atoms with Crippen LogP contribution < -0.4 is 5.32 Å². The Morgan fingerprint density at radius 1 is 1.37 bits per heavy atom. The summed E-state index contributed by atoms with van der Waals surface area (Å²) in [4.78, 5) is 10.7. The zero-order valence-electron chi connectivity index (χ0n) is 11.0. The molecule has 1 aromatic carbocycles. The monoisotopic (exact) mass is 261 g/mol. The fraction of sp³-hybridized carbons (Fsp3) is 0.333. The highest BCUT2D eigenvalue weighted by Gasteiger charge is 2.15. The van der Waals surface area contributed by atoms with Crippen LogP contribution in [-0.4, -0.2) is 19.9 Å². The standard InChI is InChI=1S/C12H15N5O2/c1-8-4-11(12(17(18)19)5-9(8)2)13-6-10-7-14-15-16(10)3/h4-5,7,13H,6H2,1-3H3. The molecule has 0 fully saturated rings. The largest absolute Gasteiger partial charge is 0.374 e. The van der Waals surface area contributed by atoms with Gasteiger partial charge in [0.25, 0.3) is 5.69 Å². The number of nitrogens with one attached hydrogen (secondary N) is 1. The molecule has 0 atom stereocenters. The molecule has 0 bridgehead atoms. The van der Waals surface area contributed by atoms with Crippen molar-refractivity contribution in [2.24, 2.45) is 7.05 Å². The van der Waals surface area contributed by atoms with Crippen LogP contribution >= 0.6 is 0 Å². The van der Waals surface area contributed by atoms with Gasteiger partial charge in [0.1, 0.15) is 5.69 Å². The third-order valence-electron chi connectivity index (χ3n) is 3.08. The summed E-state index contributed by atoms with van der Waals surface area (Å²) in [6, 6.07) is 3.37. The molecule has 0 radical (unpaired) electrons. The Kier molecular flexibility index (Phi) is 3.46. The van der Waals surface area contributed by atoms with E-state index in [4.69, 9.17) is 0 Å². The van der Waals surface area contributed by atoms with E-state index in [9.17, 15) is 10.1 Å². The second-order valence-electron chi connectivity index (χ2n) is 4.41. The lowest BCUT2D eigenvalue weighted by Gasteiger charge is -2.09. The van der Waals surface area contributed by atoms with Crippen molar-refractivity contribution in [1.82, 2.24) is 15.0 Å². The van der Waals surface area contributed by atoms with Gasteiger partial charge >= 0.3 is 0 Å². The topological polar surface area (TPSA) is 85.9 Å². The van der Waals surface area contributed by atoms with E-state index in [0.29, 0.717) is 12.2 Å². The number of nitrogens with zero attached hydrogens (tertiary/aromatic N) is 4. The van der Waals surface area contributed by atoms with Gasteiger partial charge in [0, 0.05) is 13.1 Å². The lowest BCUT2D eigenvalue weighted by molar-refractivity contribution is -0.384. The van der Waals surface area contributed by atoms with E-state index in [2.05, 4.69) is 15.6 Å². The lowest BCUT2D eigenvalue weighted by atomic mass is 10.1. The van der Waals surface area contributed by atoms with Crippen molar-refractivity contribution < 1.29 is 4.92 Å². The van der Waals surface area contributed by atoms with E-state index in [-0.39, 0.29) is 10.6 Å². The molecule has 100 valence electrons. The summed E-state index contributed by atoms with van der Waals surface area (Å²) in [6.07, 6.45) is 1.62. The number of rotatable bonds is 4. The van der Waals surface area contributed by atoms with Crippen molar-refractivity contribution in [2.45, 2.75) is 20.4 Å². The van der Waals surface area contributed by atoms with E-state index in [1.807, 2.05) is 13.8 Å². The maximum atomic E-state index is 11.0. The van der Waals surface area contributed by atoms with Crippen LogP contribution in [0.3, 0.4) is 0 Å². The van der Waals surface area contributed by atoms with Crippen molar-refractivity contribution >= 4 is 11.4 Å². The van der Waals surface area contributed by atoms with E-state index in [1.165, 1.54) is 0 Å². The van der Waals surface area contributed by atoms with Gasteiger partial charge in [-0.15, -0.1) is 5.10 Å². The van der Waals surface area contributed by atoms with Gasteiger partial charge in [-0.2, -0.15) is 0 Å². The molecular formula is C12H15N5O2. The first kappa shape index (κ1) is 13.0. The first-order valence-corrected chi connectivity index (χ1v) is 5.82. The van der Waals surface area contributed by atoms with Crippen LogP contribution in [-0.2, 0) is 13.6 Å². The summed E-state index contributed by atoms with van der Waals surface area (Å²) < 4.78 is 1.62. The highest BCUT2D eigenvalue weighted by atomic mass is 16.6. The molecule has 0 aliphatic rings. The minimum Gasteiger partial charge on any atom is -0.374 e. The van der Waals surface area contributed by atoms with Crippen LogP contribution in [0, 0.1) is 24.0 Å². The smallest absolute Gasteiger partial charge is 0.292 e. The second kappa shape index (κ2) is 5.05. The molecule has 0 aliphatic heterocycles. The van der Waals surface area contributed by atoms with Gasteiger partial charge in [-0.05, 0) is 31.0 Å². The van der Waals surface area contributed by atoms with E-state index < -0.39 is 0 Å². The number of aromatic nitrogens is 3. The molecule has 0 spiro atoms. The number of aryl methyl sites for hydroxylation is 3. The summed E-state index contributed by atoms with van der Waals surface area (Å²) in [5, 5.41) is 21.7. The summed E-state index contributed by atoms with van der Waals surface area (Å²) in [6.45, 7) is 4.22. The number of nitro benzene ring substituents is 1. The Morgan fingerprint density at radius 3 is 2.63 bits per heavy atom. The highest BCUT2D eigenvalue weighted by molar-refractivity contribution is 5.64. The van der Waals surface area contributed by atoms with Gasteiger partial charge in [0.05, 0.1) is 23.4 Å². The normalized spacial score (nSPS) is 10.5. The Hall–Kier alpha value is -2.44. The highest BCUT2D eigenvalue weighted by Crippen LogP contribution is 2.28. The zero-order chi connectivity index (χ0) is 14.0. The first-order chi connectivity index (χ1) is 8.99. The van der Waals surface area contributed by atoms with Gasteiger partial charge in [0.15, 0.2) is 0 Å². The molecule has 1 N–H and O–H groups in total. The second-order valence-corrected chi connectivity index (χ2v) is 4.41. The maximum absolute atomic E-state index is 11.0. The molecule has 7 nitrogen and oxygen atoms in total. The molecule has 7 heteroatoms. The molecule has 2 aromatic rings. The summed E-state index contributed by atoms with van der Waals surface area (Å²) >= 11 is 0. The Balaban J connectivity index is 2.26.